The summed E-state index contributed by atoms with van der Waals surface area (Å²) in [5.74, 6) is 1.53. The summed E-state index contributed by atoms with van der Waals surface area (Å²) >= 11 is 0. The third-order valence-corrected chi connectivity index (χ3v) is 1.94. The zero-order valence-electron chi connectivity index (χ0n) is 9.36. The summed E-state index contributed by atoms with van der Waals surface area (Å²) < 4.78 is 5.37. The fourth-order valence-corrected chi connectivity index (χ4v) is 1.17. The van der Waals surface area contributed by atoms with E-state index < -0.39 is 0 Å². The molecule has 0 saturated carbocycles. The first kappa shape index (κ1) is 11.6. The van der Waals surface area contributed by atoms with Gasteiger partial charge in [-0.05, 0) is 6.92 Å². The highest BCUT2D eigenvalue weighted by Gasteiger charge is 2.09. The molecule has 0 bridgehead atoms. The number of aldehydes is 1. The molecular weight excluding hydrogens is 192 g/mol. The molecule has 1 heterocycles. The first-order valence-electron chi connectivity index (χ1n) is 5.11. The molecule has 0 aliphatic rings. The van der Waals surface area contributed by atoms with E-state index in [2.05, 4.69) is 9.97 Å². The van der Waals surface area contributed by atoms with Gasteiger partial charge in [0.15, 0.2) is 0 Å². The van der Waals surface area contributed by atoms with Gasteiger partial charge in [-0.3, -0.25) is 0 Å². The summed E-state index contributed by atoms with van der Waals surface area (Å²) in [6.07, 6.45) is 2.80. The van der Waals surface area contributed by atoms with Crippen molar-refractivity contribution in [2.45, 2.75) is 33.1 Å². The van der Waals surface area contributed by atoms with Crippen LogP contribution in [0.3, 0.4) is 0 Å². The largest absolute Gasteiger partial charge is 0.478 e. The van der Waals surface area contributed by atoms with Gasteiger partial charge in [-0.1, -0.05) is 13.8 Å². The van der Waals surface area contributed by atoms with Gasteiger partial charge in [-0.25, -0.2) is 4.98 Å². The van der Waals surface area contributed by atoms with Crippen molar-refractivity contribution < 1.29 is 9.53 Å². The molecule has 4 nitrogen and oxygen atoms in total. The molecule has 0 unspecified atom stereocenters. The van der Waals surface area contributed by atoms with E-state index in [9.17, 15) is 4.79 Å². The first-order valence-corrected chi connectivity index (χ1v) is 5.11. The fraction of sp³-hybridized carbons (Fsp3) is 0.545. The number of nitrogens with zero attached hydrogens (tertiary/aromatic N) is 2. The highest BCUT2D eigenvalue weighted by atomic mass is 16.5. The predicted octanol–water partition coefficient (Wildman–Crippen LogP) is 1.74. The molecular formula is C11H16N2O2. The molecule has 0 atom stereocenters. The number of aromatic nitrogens is 2. The van der Waals surface area contributed by atoms with Crippen molar-refractivity contribution in [3.8, 4) is 5.88 Å². The SMILES string of the molecule is CCOc1nc(C(C)C)ncc1CC=O. The van der Waals surface area contributed by atoms with Crippen LogP contribution in [0.25, 0.3) is 0 Å². The Morgan fingerprint density at radius 2 is 2.27 bits per heavy atom. The highest BCUT2D eigenvalue weighted by molar-refractivity contribution is 5.56. The summed E-state index contributed by atoms with van der Waals surface area (Å²) in [4.78, 5) is 18.9. The monoisotopic (exact) mass is 208 g/mol. The maximum absolute atomic E-state index is 10.4. The van der Waals surface area contributed by atoms with E-state index in [-0.39, 0.29) is 5.92 Å². The second-order valence-electron chi connectivity index (χ2n) is 3.52. The van der Waals surface area contributed by atoms with Gasteiger partial charge in [0.25, 0.3) is 0 Å². The van der Waals surface area contributed by atoms with Crippen molar-refractivity contribution in [2.24, 2.45) is 0 Å². The third kappa shape index (κ3) is 3.01. The molecule has 1 aromatic rings. The zero-order chi connectivity index (χ0) is 11.3. The molecule has 0 aliphatic heterocycles. The Morgan fingerprint density at radius 1 is 1.53 bits per heavy atom. The minimum absolute atomic E-state index is 0.259. The smallest absolute Gasteiger partial charge is 0.220 e. The fourth-order valence-electron chi connectivity index (χ4n) is 1.17. The summed E-state index contributed by atoms with van der Waals surface area (Å²) in [7, 11) is 0. The second-order valence-corrected chi connectivity index (χ2v) is 3.52. The Balaban J connectivity index is 3.02. The van der Waals surface area contributed by atoms with Gasteiger partial charge in [0.1, 0.15) is 12.1 Å². The lowest BCUT2D eigenvalue weighted by atomic mass is 10.2. The van der Waals surface area contributed by atoms with Crippen LogP contribution >= 0.6 is 0 Å². The standard InChI is InChI=1S/C11H16N2O2/c1-4-15-11-9(5-6-14)7-12-10(13-11)8(2)3/h6-8H,4-5H2,1-3H3. The normalized spacial score (nSPS) is 10.4. The Morgan fingerprint density at radius 3 is 2.80 bits per heavy atom. The van der Waals surface area contributed by atoms with E-state index in [1.54, 1.807) is 6.20 Å². The zero-order valence-corrected chi connectivity index (χ0v) is 9.36. The van der Waals surface area contributed by atoms with E-state index in [0.717, 1.165) is 17.7 Å². The predicted molar refractivity (Wildman–Crippen MR) is 57.1 cm³/mol. The van der Waals surface area contributed by atoms with Crippen molar-refractivity contribution in [2.75, 3.05) is 6.61 Å². The lowest BCUT2D eigenvalue weighted by molar-refractivity contribution is -0.107. The number of rotatable bonds is 5. The van der Waals surface area contributed by atoms with Gasteiger partial charge in [0.2, 0.25) is 5.88 Å². The van der Waals surface area contributed by atoms with Crippen LogP contribution in [0.2, 0.25) is 0 Å². The Bertz CT molecular complexity index is 337. The van der Waals surface area contributed by atoms with Crippen molar-refractivity contribution in [1.29, 1.82) is 0 Å². The number of carbonyl (C=O) groups excluding carboxylic acids is 1. The number of ether oxygens (including phenoxy) is 1. The molecule has 0 aliphatic carbocycles. The van der Waals surface area contributed by atoms with Crippen molar-refractivity contribution in [1.82, 2.24) is 9.97 Å². The molecule has 1 rings (SSSR count). The average Bonchev–Trinajstić information content (AvgIpc) is 2.21. The van der Waals surface area contributed by atoms with Gasteiger partial charge in [-0.15, -0.1) is 0 Å². The number of hydrogen-bond donors (Lipinski definition) is 0. The minimum atomic E-state index is 0.259. The molecule has 0 amide bonds. The lowest BCUT2D eigenvalue weighted by Gasteiger charge is -2.09. The topological polar surface area (TPSA) is 52.1 Å². The third-order valence-electron chi connectivity index (χ3n) is 1.94. The molecule has 0 radical (unpaired) electrons. The minimum Gasteiger partial charge on any atom is -0.478 e. The van der Waals surface area contributed by atoms with E-state index in [1.165, 1.54) is 0 Å². The lowest BCUT2D eigenvalue weighted by Crippen LogP contribution is -2.05. The van der Waals surface area contributed by atoms with Crippen LogP contribution in [0.4, 0.5) is 0 Å². The van der Waals surface area contributed by atoms with Crippen LogP contribution in [0.5, 0.6) is 5.88 Å². The van der Waals surface area contributed by atoms with Crippen LogP contribution in [0.15, 0.2) is 6.20 Å². The molecule has 82 valence electrons. The average molecular weight is 208 g/mol. The van der Waals surface area contributed by atoms with Crippen LogP contribution in [-0.2, 0) is 11.2 Å². The van der Waals surface area contributed by atoms with Gasteiger partial charge < -0.3 is 9.53 Å². The summed E-state index contributed by atoms with van der Waals surface area (Å²) in [6.45, 7) is 6.47. The highest BCUT2D eigenvalue weighted by Crippen LogP contribution is 2.18. The molecule has 0 N–H and O–H groups in total. The van der Waals surface area contributed by atoms with Gasteiger partial charge in [0, 0.05) is 24.1 Å². The van der Waals surface area contributed by atoms with Crippen LogP contribution in [0.1, 0.15) is 38.1 Å². The quantitative estimate of drug-likeness (QED) is 0.691. The van der Waals surface area contributed by atoms with Gasteiger partial charge in [-0.2, -0.15) is 4.98 Å². The molecule has 0 aromatic carbocycles. The molecule has 0 fully saturated rings. The van der Waals surface area contributed by atoms with Crippen molar-refractivity contribution in [3.05, 3.63) is 17.6 Å². The van der Waals surface area contributed by atoms with Crippen LogP contribution in [-0.4, -0.2) is 22.9 Å². The van der Waals surface area contributed by atoms with Crippen molar-refractivity contribution >= 4 is 6.29 Å². The van der Waals surface area contributed by atoms with Crippen LogP contribution < -0.4 is 4.74 Å². The summed E-state index contributed by atoms with van der Waals surface area (Å²) in [5, 5.41) is 0. The van der Waals surface area contributed by atoms with Crippen molar-refractivity contribution in [3.63, 3.8) is 0 Å². The van der Waals surface area contributed by atoms with E-state index >= 15 is 0 Å². The second kappa shape index (κ2) is 5.44. The van der Waals surface area contributed by atoms with Gasteiger partial charge in [0.05, 0.1) is 6.61 Å². The Kier molecular flexibility index (Phi) is 4.21. The molecule has 0 saturated heterocycles. The molecule has 15 heavy (non-hydrogen) atoms. The Hall–Kier alpha value is -1.45. The first-order chi connectivity index (χ1) is 7.19. The number of hydrogen-bond acceptors (Lipinski definition) is 4. The summed E-state index contributed by atoms with van der Waals surface area (Å²) in [5.41, 5.74) is 0.747. The Labute approximate surface area is 89.7 Å². The number of carbonyl (C=O) groups is 1. The van der Waals surface area contributed by atoms with Gasteiger partial charge >= 0.3 is 0 Å². The molecule has 1 aromatic heterocycles. The maximum atomic E-state index is 10.4. The van der Waals surface area contributed by atoms with E-state index in [1.807, 2.05) is 20.8 Å². The molecule has 4 heteroatoms. The van der Waals surface area contributed by atoms with E-state index in [4.69, 9.17) is 4.74 Å². The summed E-state index contributed by atoms with van der Waals surface area (Å²) in [6, 6.07) is 0. The molecule has 0 spiro atoms. The van der Waals surface area contributed by atoms with Crippen LogP contribution in [0, 0.1) is 0 Å². The maximum Gasteiger partial charge on any atom is 0.220 e. The van der Waals surface area contributed by atoms with E-state index in [0.29, 0.717) is 18.9 Å².